The van der Waals surface area contributed by atoms with Crippen LogP contribution >= 0.6 is 11.6 Å². The summed E-state index contributed by atoms with van der Waals surface area (Å²) in [4.78, 5) is 21.5. The highest BCUT2D eigenvalue weighted by molar-refractivity contribution is 6.30. The highest BCUT2D eigenvalue weighted by atomic mass is 35.5. The molecule has 2 aromatic rings. The molecule has 1 aromatic heterocycles. The molecule has 0 unspecified atom stereocenters. The van der Waals surface area contributed by atoms with Gasteiger partial charge in [-0.2, -0.15) is 5.26 Å². The highest BCUT2D eigenvalue weighted by Gasteiger charge is 2.18. The summed E-state index contributed by atoms with van der Waals surface area (Å²) in [5.41, 5.74) is 4.75. The molecule has 0 spiro atoms. The molecule has 1 heterocycles. The first-order valence-corrected chi connectivity index (χ1v) is 6.26. The van der Waals surface area contributed by atoms with Gasteiger partial charge in [0.25, 0.3) is 11.6 Å². The fraction of sp³-hybridized carbons (Fsp3) is 0. The smallest absolute Gasteiger partial charge is 0.281 e. The topological polar surface area (TPSA) is 123 Å². The van der Waals surface area contributed by atoms with Gasteiger partial charge >= 0.3 is 0 Å². The number of nitrogens with zero attached hydrogens (tertiary/aromatic N) is 2. The molecule has 0 saturated carbocycles. The fourth-order valence-corrected chi connectivity index (χ4v) is 1.91. The Labute approximate surface area is 129 Å². The number of nitro groups is 1. The van der Waals surface area contributed by atoms with Gasteiger partial charge in [-0.25, -0.2) is 0 Å². The first-order chi connectivity index (χ1) is 10.4. The van der Waals surface area contributed by atoms with E-state index in [9.17, 15) is 14.9 Å². The zero-order valence-electron chi connectivity index (χ0n) is 10.9. The lowest BCUT2D eigenvalue weighted by atomic mass is 10.1. The number of hydrogen-bond donors (Lipinski definition) is 1. The van der Waals surface area contributed by atoms with Gasteiger partial charge in [0.2, 0.25) is 0 Å². The predicted octanol–water partition coefficient (Wildman–Crippen LogP) is 2.90. The maximum Gasteiger partial charge on any atom is 0.281 e. The van der Waals surface area contributed by atoms with Gasteiger partial charge in [-0.3, -0.25) is 14.9 Å². The molecule has 0 aliphatic carbocycles. The van der Waals surface area contributed by atoms with Gasteiger partial charge in [0.1, 0.15) is 23.2 Å². The van der Waals surface area contributed by atoms with Gasteiger partial charge in [0.05, 0.1) is 10.5 Å². The highest BCUT2D eigenvalue weighted by Crippen LogP contribution is 2.33. The van der Waals surface area contributed by atoms with E-state index in [0.717, 1.165) is 6.08 Å². The van der Waals surface area contributed by atoms with Gasteiger partial charge in [-0.15, -0.1) is 0 Å². The number of carbonyl (C=O) groups is 1. The van der Waals surface area contributed by atoms with E-state index in [0.29, 0.717) is 0 Å². The van der Waals surface area contributed by atoms with Crippen LogP contribution in [-0.2, 0) is 4.79 Å². The van der Waals surface area contributed by atoms with E-state index < -0.39 is 10.8 Å². The van der Waals surface area contributed by atoms with Crippen LogP contribution in [0, 0.1) is 21.4 Å². The van der Waals surface area contributed by atoms with E-state index in [4.69, 9.17) is 27.0 Å². The van der Waals surface area contributed by atoms with Gasteiger partial charge in [-0.1, -0.05) is 11.6 Å². The van der Waals surface area contributed by atoms with Crippen molar-refractivity contribution in [3.63, 3.8) is 0 Å². The Morgan fingerprint density at radius 1 is 1.41 bits per heavy atom. The Bertz CT molecular complexity index is 833. The summed E-state index contributed by atoms with van der Waals surface area (Å²) in [6, 6.07) is 8.74. The second-order valence-corrected chi connectivity index (χ2v) is 4.59. The van der Waals surface area contributed by atoms with Crippen LogP contribution in [0.2, 0.25) is 5.02 Å². The fourth-order valence-electron chi connectivity index (χ4n) is 1.74. The van der Waals surface area contributed by atoms with Crippen LogP contribution < -0.4 is 5.73 Å². The van der Waals surface area contributed by atoms with Gasteiger partial charge in [0.15, 0.2) is 0 Å². The summed E-state index contributed by atoms with van der Waals surface area (Å²) in [5, 5.41) is 20.0. The van der Waals surface area contributed by atoms with Crippen LogP contribution in [0.5, 0.6) is 0 Å². The lowest BCUT2D eigenvalue weighted by molar-refractivity contribution is -0.384. The number of amides is 1. The van der Waals surface area contributed by atoms with Crippen LogP contribution in [0.15, 0.2) is 40.3 Å². The zero-order valence-corrected chi connectivity index (χ0v) is 11.7. The maximum absolute atomic E-state index is 11.1. The molecule has 22 heavy (non-hydrogen) atoms. The standard InChI is InChI=1S/C14H8ClN3O4/c15-9-1-3-11(12(6-9)18(20)21)13-4-2-10(22-13)5-8(7-16)14(17)19/h1-6H,(H2,17,19)/b8-5+. The van der Waals surface area contributed by atoms with E-state index in [1.54, 1.807) is 6.07 Å². The normalized spacial score (nSPS) is 11.0. The van der Waals surface area contributed by atoms with Crippen molar-refractivity contribution >= 4 is 29.3 Å². The van der Waals surface area contributed by atoms with Crippen LogP contribution in [0.3, 0.4) is 0 Å². The second kappa shape index (κ2) is 6.11. The van der Waals surface area contributed by atoms with Gasteiger partial charge in [-0.05, 0) is 24.3 Å². The van der Waals surface area contributed by atoms with Crippen molar-refractivity contribution < 1.29 is 14.1 Å². The van der Waals surface area contributed by atoms with E-state index in [1.807, 2.05) is 0 Å². The number of furan rings is 1. The third-order valence-corrected chi connectivity index (χ3v) is 2.96. The number of benzene rings is 1. The van der Waals surface area contributed by atoms with Gasteiger partial charge in [0, 0.05) is 17.2 Å². The first kappa shape index (κ1) is 15.3. The summed E-state index contributed by atoms with van der Waals surface area (Å²) < 4.78 is 5.40. The van der Waals surface area contributed by atoms with Crippen molar-refractivity contribution in [1.82, 2.24) is 0 Å². The van der Waals surface area contributed by atoms with Crippen molar-refractivity contribution in [2.24, 2.45) is 5.73 Å². The van der Waals surface area contributed by atoms with E-state index in [2.05, 4.69) is 0 Å². The number of nitro benzene ring substituents is 1. The molecule has 0 saturated heterocycles. The Kier molecular flexibility index (Phi) is 4.25. The molecule has 1 aromatic carbocycles. The summed E-state index contributed by atoms with van der Waals surface area (Å²) in [6.07, 6.45) is 1.16. The molecule has 8 heteroatoms. The maximum atomic E-state index is 11.1. The summed E-state index contributed by atoms with van der Waals surface area (Å²) >= 11 is 5.74. The third-order valence-electron chi connectivity index (χ3n) is 2.72. The molecule has 0 atom stereocenters. The van der Waals surface area contributed by atoms with E-state index >= 15 is 0 Å². The average molecular weight is 318 g/mol. The monoisotopic (exact) mass is 317 g/mol. The Balaban J connectivity index is 2.48. The predicted molar refractivity (Wildman–Crippen MR) is 78.6 cm³/mol. The Morgan fingerprint density at radius 2 is 2.14 bits per heavy atom. The van der Waals surface area contributed by atoms with Crippen molar-refractivity contribution in [3.8, 4) is 17.4 Å². The van der Waals surface area contributed by atoms with E-state index in [-0.39, 0.29) is 33.4 Å². The SMILES string of the molecule is N#C/C(=C\c1ccc(-c2ccc(Cl)cc2[N+](=O)[O-])o1)C(N)=O. The molecular weight excluding hydrogens is 310 g/mol. The molecular formula is C14H8ClN3O4. The second-order valence-electron chi connectivity index (χ2n) is 4.15. The minimum Gasteiger partial charge on any atom is -0.456 e. The lowest BCUT2D eigenvalue weighted by Gasteiger charge is -2.00. The molecule has 7 nitrogen and oxygen atoms in total. The molecule has 0 fully saturated rings. The number of primary amides is 1. The molecule has 0 radical (unpaired) electrons. The summed E-state index contributed by atoms with van der Waals surface area (Å²) in [5.74, 6) is -0.510. The number of halogens is 1. The van der Waals surface area contributed by atoms with Crippen LogP contribution in [0.4, 0.5) is 5.69 Å². The molecule has 110 valence electrons. The Hall–Kier alpha value is -3.11. The number of nitrogens with two attached hydrogens (primary N) is 1. The van der Waals surface area contributed by atoms with Crippen LogP contribution in [-0.4, -0.2) is 10.8 Å². The minimum atomic E-state index is -0.891. The zero-order chi connectivity index (χ0) is 16.3. The average Bonchev–Trinajstić information content (AvgIpc) is 2.92. The summed E-state index contributed by atoms with van der Waals surface area (Å²) in [7, 11) is 0. The van der Waals surface area contributed by atoms with Crippen LogP contribution in [0.1, 0.15) is 5.76 Å². The number of carbonyl (C=O) groups excluding carboxylic acids is 1. The molecule has 2 rings (SSSR count). The molecule has 2 N–H and O–H groups in total. The quantitative estimate of drug-likeness (QED) is 0.402. The van der Waals surface area contributed by atoms with Crippen molar-refractivity contribution in [2.75, 3.05) is 0 Å². The first-order valence-electron chi connectivity index (χ1n) is 5.88. The summed E-state index contributed by atoms with van der Waals surface area (Å²) in [6.45, 7) is 0. The number of rotatable bonds is 4. The number of hydrogen-bond acceptors (Lipinski definition) is 5. The molecule has 0 bridgehead atoms. The van der Waals surface area contributed by atoms with Crippen molar-refractivity contribution in [2.45, 2.75) is 0 Å². The number of nitriles is 1. The Morgan fingerprint density at radius 3 is 2.73 bits per heavy atom. The van der Waals surface area contributed by atoms with E-state index in [1.165, 1.54) is 30.3 Å². The van der Waals surface area contributed by atoms with Crippen LogP contribution in [0.25, 0.3) is 17.4 Å². The minimum absolute atomic E-state index is 0.176. The molecule has 0 aliphatic heterocycles. The van der Waals surface area contributed by atoms with Crippen molar-refractivity contribution in [1.29, 1.82) is 5.26 Å². The third kappa shape index (κ3) is 3.13. The largest absolute Gasteiger partial charge is 0.456 e. The molecule has 1 amide bonds. The lowest BCUT2D eigenvalue weighted by Crippen LogP contribution is -2.12. The van der Waals surface area contributed by atoms with Crippen molar-refractivity contribution in [3.05, 3.63) is 56.8 Å². The molecule has 0 aliphatic rings. The van der Waals surface area contributed by atoms with Gasteiger partial charge < -0.3 is 10.2 Å².